The number of carbonyl (C=O) groups excluding carboxylic acids is 1. The molecule has 1 amide bonds. The molecule has 2 rings (SSSR count). The average molecular weight is 282 g/mol. The standard InChI is InChI=1S/C15H14N4O2/c1-10-12(6-13(8-16)19(10)2)9-17-18-15(21)11-4-3-5-14(20)7-11/h3-7,9,20H,1-2H3,(H,18,21)/b17-9+. The fourth-order valence-electron chi connectivity index (χ4n) is 1.83. The van der Waals surface area contributed by atoms with Gasteiger partial charge in [-0.05, 0) is 31.2 Å². The summed E-state index contributed by atoms with van der Waals surface area (Å²) in [7, 11) is 1.79. The van der Waals surface area contributed by atoms with E-state index in [1.54, 1.807) is 29.8 Å². The number of hydrogen-bond acceptors (Lipinski definition) is 4. The molecule has 0 bridgehead atoms. The van der Waals surface area contributed by atoms with Gasteiger partial charge in [0.05, 0.1) is 6.21 Å². The highest BCUT2D eigenvalue weighted by atomic mass is 16.3. The van der Waals surface area contributed by atoms with Gasteiger partial charge in [0.25, 0.3) is 5.91 Å². The Hall–Kier alpha value is -3.07. The number of rotatable bonds is 3. The first-order valence-electron chi connectivity index (χ1n) is 6.21. The summed E-state index contributed by atoms with van der Waals surface area (Å²) >= 11 is 0. The molecule has 106 valence electrons. The van der Waals surface area contributed by atoms with Crippen LogP contribution >= 0.6 is 0 Å². The number of nitrogens with zero attached hydrogens (tertiary/aromatic N) is 3. The topological polar surface area (TPSA) is 90.4 Å². The van der Waals surface area contributed by atoms with Gasteiger partial charge in [-0.2, -0.15) is 10.4 Å². The number of aromatic nitrogens is 1. The summed E-state index contributed by atoms with van der Waals surface area (Å²) < 4.78 is 1.75. The minimum atomic E-state index is -0.420. The van der Waals surface area contributed by atoms with Crippen molar-refractivity contribution in [3.8, 4) is 11.8 Å². The third kappa shape index (κ3) is 3.09. The second kappa shape index (κ2) is 5.92. The van der Waals surface area contributed by atoms with Gasteiger partial charge in [-0.25, -0.2) is 5.43 Å². The van der Waals surface area contributed by atoms with Gasteiger partial charge < -0.3 is 9.67 Å². The molecule has 1 aromatic heterocycles. The molecule has 21 heavy (non-hydrogen) atoms. The minimum absolute atomic E-state index is 0.0178. The molecule has 0 aliphatic rings. The van der Waals surface area contributed by atoms with E-state index in [1.165, 1.54) is 18.3 Å². The van der Waals surface area contributed by atoms with Crippen LogP contribution in [-0.4, -0.2) is 21.8 Å². The van der Waals surface area contributed by atoms with E-state index in [4.69, 9.17) is 5.26 Å². The maximum atomic E-state index is 11.8. The van der Waals surface area contributed by atoms with Gasteiger partial charge in [-0.15, -0.1) is 0 Å². The van der Waals surface area contributed by atoms with E-state index in [-0.39, 0.29) is 5.75 Å². The van der Waals surface area contributed by atoms with E-state index in [0.29, 0.717) is 11.3 Å². The van der Waals surface area contributed by atoms with Gasteiger partial charge in [-0.1, -0.05) is 6.07 Å². The summed E-state index contributed by atoms with van der Waals surface area (Å²) in [4.78, 5) is 11.8. The summed E-state index contributed by atoms with van der Waals surface area (Å²) in [6.45, 7) is 1.86. The normalized spacial score (nSPS) is 10.5. The number of nitriles is 1. The fourth-order valence-corrected chi connectivity index (χ4v) is 1.83. The van der Waals surface area contributed by atoms with Gasteiger partial charge in [0, 0.05) is 23.9 Å². The molecule has 0 fully saturated rings. The highest BCUT2D eigenvalue weighted by Crippen LogP contribution is 2.12. The number of hydrogen-bond donors (Lipinski definition) is 2. The van der Waals surface area contributed by atoms with Crippen molar-refractivity contribution in [2.24, 2.45) is 12.1 Å². The van der Waals surface area contributed by atoms with Crippen molar-refractivity contribution in [2.45, 2.75) is 6.92 Å². The number of phenolic OH excluding ortho intramolecular Hbond substituents is 1. The van der Waals surface area contributed by atoms with Crippen molar-refractivity contribution in [2.75, 3.05) is 0 Å². The van der Waals surface area contributed by atoms with Crippen molar-refractivity contribution in [3.05, 3.63) is 52.8 Å². The predicted octanol–water partition coefficient (Wildman–Crippen LogP) is 1.67. The Morgan fingerprint density at radius 2 is 2.24 bits per heavy atom. The quantitative estimate of drug-likeness (QED) is 0.662. The Bertz CT molecular complexity index is 754. The SMILES string of the molecule is Cc1c(/C=N/NC(=O)c2cccc(O)c2)cc(C#N)n1C. The Morgan fingerprint density at radius 1 is 1.48 bits per heavy atom. The largest absolute Gasteiger partial charge is 0.508 e. The van der Waals surface area contributed by atoms with Crippen molar-refractivity contribution in [1.29, 1.82) is 5.26 Å². The Labute approximate surface area is 121 Å². The van der Waals surface area contributed by atoms with Crippen molar-refractivity contribution in [1.82, 2.24) is 9.99 Å². The summed E-state index contributed by atoms with van der Waals surface area (Å²) in [6.07, 6.45) is 1.48. The van der Waals surface area contributed by atoms with Crippen LogP contribution in [0.1, 0.15) is 27.3 Å². The van der Waals surface area contributed by atoms with E-state index in [0.717, 1.165) is 11.3 Å². The first-order valence-corrected chi connectivity index (χ1v) is 6.21. The fraction of sp³-hybridized carbons (Fsp3) is 0.133. The number of carbonyl (C=O) groups is 1. The summed E-state index contributed by atoms with van der Waals surface area (Å²) in [5, 5.41) is 22.1. The molecular formula is C15H14N4O2. The number of benzene rings is 1. The van der Waals surface area contributed by atoms with Crippen molar-refractivity contribution < 1.29 is 9.90 Å². The zero-order valence-electron chi connectivity index (χ0n) is 11.7. The van der Waals surface area contributed by atoms with Gasteiger partial charge >= 0.3 is 0 Å². The molecular weight excluding hydrogens is 268 g/mol. The highest BCUT2D eigenvalue weighted by Gasteiger charge is 2.07. The number of aromatic hydroxyl groups is 1. The molecule has 2 aromatic rings. The second-order valence-corrected chi connectivity index (χ2v) is 4.49. The lowest BCUT2D eigenvalue weighted by Gasteiger charge is -2.00. The molecule has 0 radical (unpaired) electrons. The zero-order valence-corrected chi connectivity index (χ0v) is 11.7. The van der Waals surface area contributed by atoms with E-state index in [2.05, 4.69) is 16.6 Å². The number of hydrazone groups is 1. The van der Waals surface area contributed by atoms with Crippen molar-refractivity contribution >= 4 is 12.1 Å². The highest BCUT2D eigenvalue weighted by molar-refractivity contribution is 5.95. The Morgan fingerprint density at radius 3 is 2.86 bits per heavy atom. The monoisotopic (exact) mass is 282 g/mol. The molecule has 0 atom stereocenters. The second-order valence-electron chi connectivity index (χ2n) is 4.49. The summed E-state index contributed by atoms with van der Waals surface area (Å²) in [5.74, 6) is -0.402. The molecule has 0 saturated carbocycles. The third-order valence-corrected chi connectivity index (χ3v) is 3.17. The molecule has 1 aromatic carbocycles. The van der Waals surface area contributed by atoms with Crippen LogP contribution in [0.25, 0.3) is 0 Å². The Balaban J connectivity index is 2.10. The molecule has 1 heterocycles. The van der Waals surface area contributed by atoms with Gasteiger partial charge in [0.2, 0.25) is 0 Å². The lowest BCUT2D eigenvalue weighted by Crippen LogP contribution is -2.17. The van der Waals surface area contributed by atoms with E-state index < -0.39 is 5.91 Å². The van der Waals surface area contributed by atoms with Crippen molar-refractivity contribution in [3.63, 3.8) is 0 Å². The average Bonchev–Trinajstić information content (AvgIpc) is 2.75. The lowest BCUT2D eigenvalue weighted by atomic mass is 10.2. The molecule has 2 N–H and O–H groups in total. The van der Waals surface area contributed by atoms with Gasteiger partial charge in [0.15, 0.2) is 0 Å². The van der Waals surface area contributed by atoms with Crippen LogP contribution in [0.2, 0.25) is 0 Å². The number of phenols is 1. The molecule has 0 spiro atoms. The molecule has 6 heteroatoms. The Kier molecular flexibility index (Phi) is 4.05. The predicted molar refractivity (Wildman–Crippen MR) is 78.0 cm³/mol. The molecule has 0 aliphatic heterocycles. The molecule has 6 nitrogen and oxygen atoms in total. The zero-order chi connectivity index (χ0) is 15.4. The van der Waals surface area contributed by atoms with Crippen LogP contribution in [-0.2, 0) is 7.05 Å². The van der Waals surface area contributed by atoms with Crippen LogP contribution < -0.4 is 5.43 Å². The summed E-state index contributed by atoms with van der Waals surface area (Å²) in [6, 6.07) is 9.76. The third-order valence-electron chi connectivity index (χ3n) is 3.17. The maximum absolute atomic E-state index is 11.8. The molecule has 0 unspecified atom stereocenters. The lowest BCUT2D eigenvalue weighted by molar-refractivity contribution is 0.0954. The number of amides is 1. The molecule has 0 saturated heterocycles. The van der Waals surface area contributed by atoms with Crippen LogP contribution in [0.4, 0.5) is 0 Å². The minimum Gasteiger partial charge on any atom is -0.508 e. The van der Waals surface area contributed by atoms with E-state index in [9.17, 15) is 9.90 Å². The van der Waals surface area contributed by atoms with Crippen LogP contribution in [0.5, 0.6) is 5.75 Å². The smallest absolute Gasteiger partial charge is 0.271 e. The van der Waals surface area contributed by atoms with Gasteiger partial charge in [0.1, 0.15) is 17.5 Å². The van der Waals surface area contributed by atoms with Crippen LogP contribution in [0.3, 0.4) is 0 Å². The first kappa shape index (κ1) is 14.3. The molecule has 0 aliphatic carbocycles. The van der Waals surface area contributed by atoms with Crippen LogP contribution in [0.15, 0.2) is 35.4 Å². The first-order chi connectivity index (χ1) is 10.0. The van der Waals surface area contributed by atoms with Gasteiger partial charge in [-0.3, -0.25) is 4.79 Å². The summed E-state index contributed by atoms with van der Waals surface area (Å²) in [5.41, 5.74) is 4.84. The number of nitrogens with one attached hydrogen (secondary N) is 1. The van der Waals surface area contributed by atoms with E-state index >= 15 is 0 Å². The maximum Gasteiger partial charge on any atom is 0.271 e. The van der Waals surface area contributed by atoms with Crippen LogP contribution in [0, 0.1) is 18.3 Å². The van der Waals surface area contributed by atoms with E-state index in [1.807, 2.05) is 6.92 Å².